The third-order valence-electron chi connectivity index (χ3n) is 1.85. The van der Waals surface area contributed by atoms with Gasteiger partial charge in [0.25, 0.3) is 0 Å². The molecule has 74 valence electrons. The van der Waals surface area contributed by atoms with E-state index in [1.54, 1.807) is 14.2 Å². The van der Waals surface area contributed by atoms with Crippen molar-refractivity contribution in [1.29, 1.82) is 0 Å². The predicted octanol–water partition coefficient (Wildman–Crippen LogP) is 1.04. The van der Waals surface area contributed by atoms with Crippen LogP contribution in [0.15, 0.2) is 0 Å². The van der Waals surface area contributed by atoms with Crippen LogP contribution in [-0.4, -0.2) is 39.0 Å². The first-order valence-corrected chi connectivity index (χ1v) is 4.29. The highest BCUT2D eigenvalue weighted by atomic mass is 16.5. The second kappa shape index (κ2) is 5.51. The zero-order valence-corrected chi connectivity index (χ0v) is 8.81. The van der Waals surface area contributed by atoms with Gasteiger partial charge >= 0.3 is 0 Å². The smallest absolute Gasteiger partial charge is 0.0746 e. The molecular weight excluding hydrogens is 154 g/mol. The number of ether oxygens (including phenoxy) is 2. The Labute approximate surface area is 75.4 Å². The summed E-state index contributed by atoms with van der Waals surface area (Å²) in [5.41, 5.74) is -0.0952. The standard InChI is InChI=1S/C9H21NO2/c1-8(6-11-4)10-7-9(2,3)12-5/h8,10H,6-7H2,1-5H3. The highest BCUT2D eigenvalue weighted by Gasteiger charge is 2.16. The Kier molecular flexibility index (Phi) is 5.46. The molecule has 0 aromatic heterocycles. The normalized spacial score (nSPS) is 14.8. The van der Waals surface area contributed by atoms with Gasteiger partial charge in [-0.05, 0) is 20.8 Å². The van der Waals surface area contributed by atoms with E-state index in [2.05, 4.69) is 26.1 Å². The molecule has 0 aliphatic heterocycles. The zero-order chi connectivity index (χ0) is 9.61. The van der Waals surface area contributed by atoms with Crippen LogP contribution in [-0.2, 0) is 9.47 Å². The van der Waals surface area contributed by atoms with Gasteiger partial charge in [-0.2, -0.15) is 0 Å². The molecule has 0 radical (unpaired) electrons. The Morgan fingerprint density at radius 2 is 1.92 bits per heavy atom. The minimum atomic E-state index is -0.0952. The van der Waals surface area contributed by atoms with Crippen molar-refractivity contribution in [1.82, 2.24) is 5.32 Å². The van der Waals surface area contributed by atoms with Gasteiger partial charge in [0.1, 0.15) is 0 Å². The van der Waals surface area contributed by atoms with Gasteiger partial charge in [0.15, 0.2) is 0 Å². The molecule has 0 fully saturated rings. The van der Waals surface area contributed by atoms with E-state index in [1.165, 1.54) is 0 Å². The molecule has 1 unspecified atom stereocenters. The van der Waals surface area contributed by atoms with Crippen LogP contribution in [0.4, 0.5) is 0 Å². The van der Waals surface area contributed by atoms with E-state index >= 15 is 0 Å². The van der Waals surface area contributed by atoms with Crippen LogP contribution < -0.4 is 5.32 Å². The summed E-state index contributed by atoms with van der Waals surface area (Å²) >= 11 is 0. The van der Waals surface area contributed by atoms with E-state index < -0.39 is 0 Å². The molecule has 3 nitrogen and oxygen atoms in total. The lowest BCUT2D eigenvalue weighted by atomic mass is 10.1. The topological polar surface area (TPSA) is 30.5 Å². The average Bonchev–Trinajstić information content (AvgIpc) is 2.02. The van der Waals surface area contributed by atoms with Crippen molar-refractivity contribution in [2.45, 2.75) is 32.4 Å². The lowest BCUT2D eigenvalue weighted by molar-refractivity contribution is 0.0190. The monoisotopic (exact) mass is 175 g/mol. The van der Waals surface area contributed by atoms with E-state index in [4.69, 9.17) is 9.47 Å². The summed E-state index contributed by atoms with van der Waals surface area (Å²) in [6.07, 6.45) is 0. The summed E-state index contributed by atoms with van der Waals surface area (Å²) < 4.78 is 10.3. The molecule has 0 saturated heterocycles. The second-order valence-corrected chi connectivity index (χ2v) is 3.70. The number of hydrogen-bond acceptors (Lipinski definition) is 3. The number of rotatable bonds is 6. The molecule has 1 atom stereocenters. The fraction of sp³-hybridized carbons (Fsp3) is 1.00. The van der Waals surface area contributed by atoms with Crippen molar-refractivity contribution < 1.29 is 9.47 Å². The minimum Gasteiger partial charge on any atom is -0.383 e. The van der Waals surface area contributed by atoms with Gasteiger partial charge in [-0.1, -0.05) is 0 Å². The fourth-order valence-corrected chi connectivity index (χ4v) is 0.801. The lowest BCUT2D eigenvalue weighted by Gasteiger charge is -2.25. The molecule has 0 saturated carbocycles. The van der Waals surface area contributed by atoms with Gasteiger partial charge < -0.3 is 14.8 Å². The Morgan fingerprint density at radius 3 is 2.33 bits per heavy atom. The van der Waals surface area contributed by atoms with E-state index in [0.717, 1.165) is 13.2 Å². The first kappa shape index (κ1) is 11.9. The maximum absolute atomic E-state index is 5.26. The summed E-state index contributed by atoms with van der Waals surface area (Å²) in [5.74, 6) is 0. The lowest BCUT2D eigenvalue weighted by Crippen LogP contribution is -2.42. The zero-order valence-electron chi connectivity index (χ0n) is 8.81. The van der Waals surface area contributed by atoms with Gasteiger partial charge in [0.2, 0.25) is 0 Å². The van der Waals surface area contributed by atoms with Crippen molar-refractivity contribution in [3.05, 3.63) is 0 Å². The van der Waals surface area contributed by atoms with Gasteiger partial charge in [-0.25, -0.2) is 0 Å². The van der Waals surface area contributed by atoms with Crippen molar-refractivity contribution in [3.8, 4) is 0 Å². The summed E-state index contributed by atoms with van der Waals surface area (Å²) in [7, 11) is 3.43. The quantitative estimate of drug-likeness (QED) is 0.654. The molecule has 0 aromatic carbocycles. The molecule has 0 heterocycles. The Balaban J connectivity index is 3.52. The van der Waals surface area contributed by atoms with Crippen LogP contribution in [0.5, 0.6) is 0 Å². The highest BCUT2D eigenvalue weighted by Crippen LogP contribution is 2.04. The Bertz CT molecular complexity index is 115. The summed E-state index contributed by atoms with van der Waals surface area (Å²) in [4.78, 5) is 0. The van der Waals surface area contributed by atoms with Gasteiger partial charge in [-0.3, -0.25) is 0 Å². The first-order chi connectivity index (χ1) is 5.52. The van der Waals surface area contributed by atoms with Crippen molar-refractivity contribution in [2.24, 2.45) is 0 Å². The van der Waals surface area contributed by atoms with E-state index in [9.17, 15) is 0 Å². The largest absolute Gasteiger partial charge is 0.383 e. The maximum atomic E-state index is 5.26. The van der Waals surface area contributed by atoms with Gasteiger partial charge in [0, 0.05) is 26.8 Å². The van der Waals surface area contributed by atoms with Crippen molar-refractivity contribution in [3.63, 3.8) is 0 Å². The molecule has 0 spiro atoms. The number of hydrogen-bond donors (Lipinski definition) is 1. The van der Waals surface area contributed by atoms with E-state index in [1.807, 2.05) is 0 Å². The highest BCUT2D eigenvalue weighted by molar-refractivity contribution is 4.73. The summed E-state index contributed by atoms with van der Waals surface area (Å²) in [6.45, 7) is 7.78. The third kappa shape index (κ3) is 5.52. The SMILES string of the molecule is COCC(C)NCC(C)(C)OC. The molecule has 0 bridgehead atoms. The molecule has 0 amide bonds. The first-order valence-electron chi connectivity index (χ1n) is 4.29. The Morgan fingerprint density at radius 1 is 1.33 bits per heavy atom. The summed E-state index contributed by atoms with van der Waals surface area (Å²) in [6, 6.07) is 0.379. The average molecular weight is 175 g/mol. The number of nitrogens with one attached hydrogen (secondary N) is 1. The van der Waals surface area contributed by atoms with E-state index in [-0.39, 0.29) is 5.60 Å². The molecule has 0 aliphatic rings. The van der Waals surface area contributed by atoms with Crippen LogP contribution in [0.25, 0.3) is 0 Å². The van der Waals surface area contributed by atoms with E-state index in [0.29, 0.717) is 6.04 Å². The van der Waals surface area contributed by atoms with Gasteiger partial charge in [0.05, 0.1) is 12.2 Å². The predicted molar refractivity (Wildman–Crippen MR) is 50.4 cm³/mol. The fourth-order valence-electron chi connectivity index (χ4n) is 0.801. The number of methoxy groups -OCH3 is 2. The maximum Gasteiger partial charge on any atom is 0.0746 e. The van der Waals surface area contributed by atoms with Crippen LogP contribution in [0, 0.1) is 0 Å². The molecular formula is C9H21NO2. The second-order valence-electron chi connectivity index (χ2n) is 3.70. The molecule has 0 aromatic rings. The molecule has 12 heavy (non-hydrogen) atoms. The van der Waals surface area contributed by atoms with Gasteiger partial charge in [-0.15, -0.1) is 0 Å². The van der Waals surface area contributed by atoms with Crippen LogP contribution in [0.3, 0.4) is 0 Å². The molecule has 1 N–H and O–H groups in total. The van der Waals surface area contributed by atoms with Crippen LogP contribution in [0.2, 0.25) is 0 Å². The van der Waals surface area contributed by atoms with Crippen LogP contribution >= 0.6 is 0 Å². The van der Waals surface area contributed by atoms with Crippen LogP contribution in [0.1, 0.15) is 20.8 Å². The van der Waals surface area contributed by atoms with Crippen molar-refractivity contribution in [2.75, 3.05) is 27.4 Å². The molecule has 0 aliphatic carbocycles. The third-order valence-corrected chi connectivity index (χ3v) is 1.85. The molecule has 0 rings (SSSR count). The summed E-state index contributed by atoms with van der Waals surface area (Å²) in [5, 5.41) is 3.32. The Hall–Kier alpha value is -0.120. The van der Waals surface area contributed by atoms with Crippen molar-refractivity contribution >= 4 is 0 Å². The minimum absolute atomic E-state index is 0.0952. The molecule has 3 heteroatoms.